The van der Waals surface area contributed by atoms with Crippen LogP contribution in [-0.2, 0) is 25.5 Å². The summed E-state index contributed by atoms with van der Waals surface area (Å²) in [6.07, 6.45) is 4.53. The van der Waals surface area contributed by atoms with Gasteiger partial charge in [-0.3, -0.25) is 4.79 Å². The number of cyclic esters (lactones) is 2. The fourth-order valence-corrected chi connectivity index (χ4v) is 2.55. The molecule has 1 fully saturated rings. The van der Waals surface area contributed by atoms with Crippen molar-refractivity contribution in [2.45, 2.75) is 44.1 Å². The fraction of sp³-hybridized carbons (Fsp3) is 0.500. The van der Waals surface area contributed by atoms with E-state index < -0.39 is 17.5 Å². The zero-order valence-electron chi connectivity index (χ0n) is 11.8. The van der Waals surface area contributed by atoms with Crippen LogP contribution in [0.4, 0.5) is 0 Å². The molecule has 0 N–H and O–H groups in total. The minimum absolute atomic E-state index is 0.0427. The van der Waals surface area contributed by atoms with Crippen molar-refractivity contribution in [3.63, 3.8) is 0 Å². The lowest BCUT2D eigenvalue weighted by molar-refractivity contribution is -0.160. The number of carbonyl (C=O) groups excluding carboxylic acids is 2. The van der Waals surface area contributed by atoms with Gasteiger partial charge in [0.2, 0.25) is 0 Å². The monoisotopic (exact) mass is 276 g/mol. The van der Waals surface area contributed by atoms with Crippen LogP contribution in [0, 0.1) is 0 Å². The highest BCUT2D eigenvalue weighted by Gasteiger charge is 2.49. The highest BCUT2D eigenvalue weighted by molar-refractivity contribution is 5.99. The molecule has 0 spiro atoms. The minimum atomic E-state index is -1.04. The molecule has 0 saturated carbocycles. The van der Waals surface area contributed by atoms with Crippen LogP contribution in [0.15, 0.2) is 30.3 Å². The minimum Gasteiger partial charge on any atom is -0.391 e. The number of aryl methyl sites for hydroxylation is 1. The smallest absolute Gasteiger partial charge is 0.346 e. The maximum Gasteiger partial charge on any atom is 0.346 e. The van der Waals surface area contributed by atoms with E-state index in [1.54, 1.807) is 0 Å². The summed E-state index contributed by atoms with van der Waals surface area (Å²) in [6, 6.07) is 10.3. The van der Waals surface area contributed by atoms with Crippen LogP contribution >= 0.6 is 0 Å². The fourth-order valence-electron chi connectivity index (χ4n) is 2.55. The van der Waals surface area contributed by atoms with Gasteiger partial charge in [-0.15, -0.1) is 0 Å². The Hall–Kier alpha value is -1.68. The molecule has 1 aromatic carbocycles. The maximum atomic E-state index is 11.7. The van der Waals surface area contributed by atoms with Gasteiger partial charge >= 0.3 is 11.9 Å². The molecule has 4 heteroatoms. The first-order chi connectivity index (χ1) is 9.66. The predicted molar refractivity (Wildman–Crippen MR) is 74.1 cm³/mol. The molecule has 20 heavy (non-hydrogen) atoms. The number of rotatable bonds is 7. The Labute approximate surface area is 119 Å². The molecule has 4 nitrogen and oxygen atoms in total. The Morgan fingerprint density at radius 2 is 1.90 bits per heavy atom. The van der Waals surface area contributed by atoms with Crippen molar-refractivity contribution in [1.82, 2.24) is 0 Å². The van der Waals surface area contributed by atoms with E-state index in [1.807, 2.05) is 18.2 Å². The lowest BCUT2D eigenvalue weighted by Gasteiger charge is -2.21. The largest absolute Gasteiger partial charge is 0.391 e. The Morgan fingerprint density at radius 1 is 1.15 bits per heavy atom. The van der Waals surface area contributed by atoms with Crippen molar-refractivity contribution in [2.24, 2.45) is 0 Å². The van der Waals surface area contributed by atoms with Crippen LogP contribution in [0.5, 0.6) is 0 Å². The quantitative estimate of drug-likeness (QED) is 0.436. The van der Waals surface area contributed by atoms with E-state index >= 15 is 0 Å². The van der Waals surface area contributed by atoms with E-state index in [0.29, 0.717) is 6.42 Å². The Bertz CT molecular complexity index is 469. The Kier molecular flexibility index (Phi) is 4.90. The second kappa shape index (κ2) is 6.66. The Balaban J connectivity index is 1.72. The summed E-state index contributed by atoms with van der Waals surface area (Å²) in [5, 5.41) is 0. The van der Waals surface area contributed by atoms with Gasteiger partial charge in [0, 0.05) is 7.11 Å². The first-order valence-electron chi connectivity index (χ1n) is 7.00. The van der Waals surface area contributed by atoms with Crippen molar-refractivity contribution in [3.8, 4) is 0 Å². The molecule has 108 valence electrons. The summed E-state index contributed by atoms with van der Waals surface area (Å²) in [6.45, 7) is 0. The number of unbranched alkanes of at least 4 members (excludes halogenated alkanes) is 2. The average molecular weight is 276 g/mol. The first-order valence-corrected chi connectivity index (χ1v) is 7.00. The van der Waals surface area contributed by atoms with E-state index in [1.165, 1.54) is 12.7 Å². The number of hydrogen-bond donors (Lipinski definition) is 0. The molecular formula is C16H20O4. The van der Waals surface area contributed by atoms with E-state index in [-0.39, 0.29) is 6.42 Å². The highest BCUT2D eigenvalue weighted by Crippen LogP contribution is 2.30. The predicted octanol–water partition coefficient (Wildman–Crippen LogP) is 2.65. The average Bonchev–Trinajstić information content (AvgIpc) is 2.74. The summed E-state index contributed by atoms with van der Waals surface area (Å²) in [4.78, 5) is 22.8. The molecule has 0 amide bonds. The number of carbonyl (C=O) groups is 2. The molecule has 1 aromatic rings. The van der Waals surface area contributed by atoms with Gasteiger partial charge in [-0.1, -0.05) is 36.8 Å². The zero-order valence-corrected chi connectivity index (χ0v) is 11.8. The maximum absolute atomic E-state index is 11.7. The van der Waals surface area contributed by atoms with Gasteiger partial charge in [-0.05, 0) is 31.2 Å². The summed E-state index contributed by atoms with van der Waals surface area (Å²) in [7, 11) is 1.46. The molecule has 1 unspecified atom stereocenters. The second-order valence-corrected chi connectivity index (χ2v) is 5.18. The van der Waals surface area contributed by atoms with E-state index in [4.69, 9.17) is 4.74 Å². The van der Waals surface area contributed by atoms with Gasteiger partial charge in [0.1, 0.15) is 0 Å². The number of ether oxygens (including phenoxy) is 2. The van der Waals surface area contributed by atoms with Crippen LogP contribution in [0.1, 0.15) is 37.7 Å². The SMILES string of the molecule is COC1(CCCCCc2ccccc2)CC(=O)OC1=O. The molecular weight excluding hydrogens is 256 g/mol. The van der Waals surface area contributed by atoms with E-state index in [2.05, 4.69) is 16.9 Å². The molecule has 0 aliphatic carbocycles. The van der Waals surface area contributed by atoms with Gasteiger partial charge in [0.05, 0.1) is 6.42 Å². The topological polar surface area (TPSA) is 52.6 Å². The number of benzene rings is 1. The van der Waals surface area contributed by atoms with Crippen LogP contribution in [-0.4, -0.2) is 24.6 Å². The van der Waals surface area contributed by atoms with Crippen molar-refractivity contribution in [2.75, 3.05) is 7.11 Å². The normalized spacial score (nSPS) is 22.1. The third-order valence-corrected chi connectivity index (χ3v) is 3.79. The van der Waals surface area contributed by atoms with Crippen molar-refractivity contribution in [1.29, 1.82) is 0 Å². The van der Waals surface area contributed by atoms with Gasteiger partial charge in [-0.2, -0.15) is 0 Å². The zero-order chi connectivity index (χ0) is 14.4. The van der Waals surface area contributed by atoms with Crippen molar-refractivity contribution in [3.05, 3.63) is 35.9 Å². The molecule has 0 bridgehead atoms. The molecule has 1 aliphatic rings. The van der Waals surface area contributed by atoms with Crippen LogP contribution in [0.3, 0.4) is 0 Å². The number of esters is 2. The lowest BCUT2D eigenvalue weighted by Crippen LogP contribution is -2.36. The highest BCUT2D eigenvalue weighted by atomic mass is 16.6. The van der Waals surface area contributed by atoms with Crippen molar-refractivity contribution < 1.29 is 19.1 Å². The molecule has 0 aromatic heterocycles. The first kappa shape index (κ1) is 14.7. The van der Waals surface area contributed by atoms with E-state index in [0.717, 1.165) is 25.7 Å². The Morgan fingerprint density at radius 3 is 2.50 bits per heavy atom. The third-order valence-electron chi connectivity index (χ3n) is 3.79. The lowest BCUT2D eigenvalue weighted by atomic mass is 9.93. The van der Waals surface area contributed by atoms with Crippen LogP contribution in [0.25, 0.3) is 0 Å². The standard InChI is InChI=1S/C16H20O4/c1-19-16(12-14(17)20-15(16)18)11-7-3-6-10-13-8-4-2-5-9-13/h2,4-5,8-9H,3,6-7,10-12H2,1H3. The third kappa shape index (κ3) is 3.45. The van der Waals surface area contributed by atoms with Gasteiger partial charge in [-0.25, -0.2) is 4.79 Å². The molecule has 1 aliphatic heterocycles. The molecule has 1 atom stereocenters. The summed E-state index contributed by atoms with van der Waals surface area (Å²) >= 11 is 0. The number of hydrogen-bond acceptors (Lipinski definition) is 4. The second-order valence-electron chi connectivity index (χ2n) is 5.18. The van der Waals surface area contributed by atoms with E-state index in [9.17, 15) is 9.59 Å². The molecule has 0 radical (unpaired) electrons. The molecule has 2 rings (SSSR count). The summed E-state index contributed by atoms with van der Waals surface area (Å²) in [5.74, 6) is -1.02. The van der Waals surface area contributed by atoms with Crippen molar-refractivity contribution >= 4 is 11.9 Å². The van der Waals surface area contributed by atoms with Gasteiger partial charge in [0.25, 0.3) is 0 Å². The summed E-state index contributed by atoms with van der Waals surface area (Å²) < 4.78 is 9.84. The van der Waals surface area contributed by atoms with Gasteiger partial charge < -0.3 is 9.47 Å². The molecule has 1 saturated heterocycles. The van der Waals surface area contributed by atoms with Gasteiger partial charge in [0.15, 0.2) is 5.60 Å². The van der Waals surface area contributed by atoms with Crippen LogP contribution in [0.2, 0.25) is 0 Å². The number of methoxy groups -OCH3 is 1. The summed E-state index contributed by atoms with van der Waals surface area (Å²) in [5.41, 5.74) is 0.286. The molecule has 1 heterocycles. The van der Waals surface area contributed by atoms with Crippen LogP contribution < -0.4 is 0 Å².